The molecule has 1 aromatic carbocycles. The zero-order valence-corrected chi connectivity index (χ0v) is 15.4. The molecule has 1 aromatic rings. The highest BCUT2D eigenvalue weighted by Gasteiger charge is 2.15. The van der Waals surface area contributed by atoms with Crippen LogP contribution >= 0.6 is 11.6 Å². The summed E-state index contributed by atoms with van der Waals surface area (Å²) in [5.41, 5.74) is -0.262. The molecule has 0 radical (unpaired) electrons. The number of nitro benzene ring substituents is 1. The number of benzene rings is 1. The van der Waals surface area contributed by atoms with E-state index in [9.17, 15) is 14.9 Å². The Hall–Kier alpha value is -2.67. The van der Waals surface area contributed by atoms with E-state index in [0.29, 0.717) is 6.54 Å². The second kappa shape index (κ2) is 10.5. The number of morpholine rings is 1. The summed E-state index contributed by atoms with van der Waals surface area (Å²) in [6, 6.07) is 5.70. The van der Waals surface area contributed by atoms with Gasteiger partial charge in [-0.3, -0.25) is 19.8 Å². The van der Waals surface area contributed by atoms with Gasteiger partial charge in [-0.1, -0.05) is 11.6 Å². The summed E-state index contributed by atoms with van der Waals surface area (Å²) >= 11 is 5.73. The number of rotatable bonds is 8. The fraction of sp³-hybridized carbons (Fsp3) is 0.412. The van der Waals surface area contributed by atoms with Gasteiger partial charge in [-0.05, 0) is 25.1 Å². The van der Waals surface area contributed by atoms with Crippen molar-refractivity contribution in [3.63, 3.8) is 0 Å². The predicted octanol–water partition coefficient (Wildman–Crippen LogP) is 1.91. The van der Waals surface area contributed by atoms with Crippen LogP contribution in [0.4, 0.5) is 11.4 Å². The number of nitrogens with one attached hydrogen (secondary N) is 2. The molecule has 0 spiro atoms. The summed E-state index contributed by atoms with van der Waals surface area (Å²) in [6.07, 6.45) is 2.21. The molecule has 1 aliphatic rings. The Kier molecular flexibility index (Phi) is 8.00. The Bertz CT molecular complexity index is 756. The van der Waals surface area contributed by atoms with Crippen molar-refractivity contribution in [2.24, 2.45) is 0 Å². The first-order valence-corrected chi connectivity index (χ1v) is 8.78. The van der Waals surface area contributed by atoms with Gasteiger partial charge in [0, 0.05) is 37.6 Å². The molecule has 10 heteroatoms. The number of carbonyl (C=O) groups is 1. The normalized spacial score (nSPS) is 15.0. The molecule has 0 aliphatic carbocycles. The first-order valence-electron chi connectivity index (χ1n) is 8.40. The van der Waals surface area contributed by atoms with E-state index in [1.807, 2.05) is 6.07 Å². The number of hydrogen-bond acceptors (Lipinski definition) is 7. The van der Waals surface area contributed by atoms with Crippen molar-refractivity contribution in [2.45, 2.75) is 6.42 Å². The Morgan fingerprint density at radius 1 is 1.44 bits per heavy atom. The van der Waals surface area contributed by atoms with E-state index in [4.69, 9.17) is 21.6 Å². The van der Waals surface area contributed by atoms with E-state index >= 15 is 0 Å². The maximum atomic E-state index is 12.2. The lowest BCUT2D eigenvalue weighted by Gasteiger charge is -2.26. The predicted molar refractivity (Wildman–Crippen MR) is 100 cm³/mol. The molecule has 1 amide bonds. The van der Waals surface area contributed by atoms with Gasteiger partial charge in [-0.15, -0.1) is 0 Å². The summed E-state index contributed by atoms with van der Waals surface area (Å²) in [7, 11) is 0. The molecule has 2 rings (SSSR count). The number of ether oxygens (including phenoxy) is 1. The molecule has 0 aromatic heterocycles. The number of nitrogens with zero attached hydrogens (tertiary/aromatic N) is 3. The number of halogens is 1. The van der Waals surface area contributed by atoms with Gasteiger partial charge >= 0.3 is 0 Å². The zero-order valence-electron chi connectivity index (χ0n) is 14.6. The van der Waals surface area contributed by atoms with Crippen LogP contribution in [0.25, 0.3) is 0 Å². The van der Waals surface area contributed by atoms with Crippen LogP contribution in [0, 0.1) is 21.4 Å². The number of amides is 1. The minimum atomic E-state index is -0.658. The van der Waals surface area contributed by atoms with Gasteiger partial charge in [-0.2, -0.15) is 5.26 Å². The van der Waals surface area contributed by atoms with Crippen molar-refractivity contribution < 1.29 is 14.5 Å². The highest BCUT2D eigenvalue weighted by atomic mass is 35.5. The smallest absolute Gasteiger partial charge is 0.289 e. The maximum Gasteiger partial charge on any atom is 0.289 e. The number of hydrogen-bond donors (Lipinski definition) is 2. The van der Waals surface area contributed by atoms with Crippen LogP contribution < -0.4 is 10.6 Å². The Labute approximate surface area is 161 Å². The van der Waals surface area contributed by atoms with Crippen molar-refractivity contribution in [3.8, 4) is 6.07 Å². The molecule has 0 unspecified atom stereocenters. The molecule has 144 valence electrons. The van der Waals surface area contributed by atoms with Crippen LogP contribution in [0.15, 0.2) is 30.0 Å². The van der Waals surface area contributed by atoms with Crippen LogP contribution in [0.1, 0.15) is 6.42 Å². The fourth-order valence-corrected chi connectivity index (χ4v) is 2.67. The van der Waals surface area contributed by atoms with Gasteiger partial charge in [0.25, 0.3) is 11.6 Å². The summed E-state index contributed by atoms with van der Waals surface area (Å²) < 4.78 is 5.28. The third kappa shape index (κ3) is 6.53. The lowest BCUT2D eigenvalue weighted by atomic mass is 10.2. The van der Waals surface area contributed by atoms with Crippen LogP contribution in [-0.2, 0) is 9.53 Å². The van der Waals surface area contributed by atoms with Gasteiger partial charge in [0.1, 0.15) is 16.7 Å². The van der Waals surface area contributed by atoms with Crippen LogP contribution in [0.3, 0.4) is 0 Å². The second-order valence-electron chi connectivity index (χ2n) is 5.81. The zero-order chi connectivity index (χ0) is 19.6. The largest absolute Gasteiger partial charge is 0.390 e. The lowest BCUT2D eigenvalue weighted by Crippen LogP contribution is -2.37. The van der Waals surface area contributed by atoms with Gasteiger partial charge in [0.15, 0.2) is 0 Å². The Balaban J connectivity index is 1.84. The summed E-state index contributed by atoms with van der Waals surface area (Å²) in [4.78, 5) is 24.7. The topological polar surface area (TPSA) is 121 Å². The molecule has 1 aliphatic heterocycles. The molecule has 1 saturated heterocycles. The van der Waals surface area contributed by atoms with E-state index < -0.39 is 10.8 Å². The van der Waals surface area contributed by atoms with Crippen LogP contribution in [-0.4, -0.2) is 55.1 Å². The van der Waals surface area contributed by atoms with Crippen LogP contribution in [0.2, 0.25) is 5.02 Å². The average molecular weight is 394 g/mol. The molecule has 9 nitrogen and oxygen atoms in total. The molecule has 2 N–H and O–H groups in total. The molecule has 27 heavy (non-hydrogen) atoms. The minimum Gasteiger partial charge on any atom is -0.390 e. The van der Waals surface area contributed by atoms with Crippen molar-refractivity contribution in [2.75, 3.05) is 44.7 Å². The van der Waals surface area contributed by atoms with Crippen molar-refractivity contribution in [1.29, 1.82) is 5.26 Å². The average Bonchev–Trinajstić information content (AvgIpc) is 2.66. The third-order valence-electron chi connectivity index (χ3n) is 3.91. The van der Waals surface area contributed by atoms with Crippen molar-refractivity contribution >= 4 is 28.9 Å². The van der Waals surface area contributed by atoms with Crippen LogP contribution in [0.5, 0.6) is 0 Å². The van der Waals surface area contributed by atoms with Gasteiger partial charge < -0.3 is 15.4 Å². The monoisotopic (exact) mass is 393 g/mol. The highest BCUT2D eigenvalue weighted by Crippen LogP contribution is 2.27. The van der Waals surface area contributed by atoms with E-state index in [1.54, 1.807) is 0 Å². The molecule has 0 atom stereocenters. The third-order valence-corrected chi connectivity index (χ3v) is 4.23. The summed E-state index contributed by atoms with van der Waals surface area (Å²) in [5.74, 6) is -0.658. The van der Waals surface area contributed by atoms with Gasteiger partial charge in [-0.25, -0.2) is 0 Å². The lowest BCUT2D eigenvalue weighted by molar-refractivity contribution is -0.384. The molecule has 1 heterocycles. The SMILES string of the molecule is N#C/C(=C/NCCCN1CCOCC1)C(=O)Nc1ccc(Cl)c([N+](=O)[O-])c1. The first-order chi connectivity index (χ1) is 13.0. The van der Waals surface area contributed by atoms with Crippen molar-refractivity contribution in [3.05, 3.63) is 45.1 Å². The fourth-order valence-electron chi connectivity index (χ4n) is 2.48. The summed E-state index contributed by atoms with van der Waals surface area (Å²) in [5, 5.41) is 25.4. The van der Waals surface area contributed by atoms with E-state index in [1.165, 1.54) is 18.3 Å². The quantitative estimate of drug-likeness (QED) is 0.227. The van der Waals surface area contributed by atoms with E-state index in [-0.39, 0.29) is 22.0 Å². The van der Waals surface area contributed by atoms with Crippen molar-refractivity contribution in [1.82, 2.24) is 10.2 Å². The molecule has 0 bridgehead atoms. The van der Waals surface area contributed by atoms with Gasteiger partial charge in [0.2, 0.25) is 0 Å². The molecule has 0 saturated carbocycles. The second-order valence-corrected chi connectivity index (χ2v) is 6.22. The standard InChI is InChI=1S/C17H20ClN5O4/c18-15-3-2-14(10-16(15)23(25)26)21-17(24)13(11-19)12-20-4-1-5-22-6-8-27-9-7-22/h2-3,10,12,20H,1,4-9H2,(H,21,24)/b13-12-. The van der Waals surface area contributed by atoms with E-state index in [2.05, 4.69) is 15.5 Å². The summed E-state index contributed by atoms with van der Waals surface area (Å²) in [6.45, 7) is 4.84. The number of nitro groups is 1. The number of carbonyl (C=O) groups excluding carboxylic acids is 1. The number of nitriles is 1. The number of anilines is 1. The molecular formula is C17H20ClN5O4. The molecule has 1 fully saturated rings. The first kappa shape index (κ1) is 20.6. The maximum absolute atomic E-state index is 12.2. The minimum absolute atomic E-state index is 0.0315. The molecular weight excluding hydrogens is 374 g/mol. The van der Waals surface area contributed by atoms with Gasteiger partial charge in [0.05, 0.1) is 18.1 Å². The Morgan fingerprint density at radius 3 is 2.85 bits per heavy atom. The highest BCUT2D eigenvalue weighted by molar-refractivity contribution is 6.32. The Morgan fingerprint density at radius 2 is 2.19 bits per heavy atom. The van der Waals surface area contributed by atoms with E-state index in [0.717, 1.165) is 45.3 Å².